The van der Waals surface area contributed by atoms with Crippen molar-refractivity contribution < 1.29 is 28.2 Å². The number of hydrogen-bond donors (Lipinski definition) is 2. The van der Waals surface area contributed by atoms with Crippen molar-refractivity contribution in [1.82, 2.24) is 0 Å². The summed E-state index contributed by atoms with van der Waals surface area (Å²) in [4.78, 5) is 10.2. The molecule has 0 bridgehead atoms. The molecule has 0 aromatic heterocycles. The number of halogens is 4. The van der Waals surface area contributed by atoms with Crippen molar-refractivity contribution in [3.8, 4) is 5.75 Å². The summed E-state index contributed by atoms with van der Waals surface area (Å²) >= 11 is 2.85. The van der Waals surface area contributed by atoms with Crippen LogP contribution in [0.1, 0.15) is 11.1 Å². The number of aromatic hydroxyl groups is 1. The summed E-state index contributed by atoms with van der Waals surface area (Å²) in [5, 5.41) is 17.7. The molecule has 0 aliphatic heterocycles. The molecule has 3 nitrogen and oxygen atoms in total. The largest absolute Gasteiger partial charge is 0.507 e. The van der Waals surface area contributed by atoms with Crippen LogP contribution >= 0.6 is 15.9 Å². The van der Waals surface area contributed by atoms with Gasteiger partial charge in [0.15, 0.2) is 0 Å². The summed E-state index contributed by atoms with van der Waals surface area (Å²) in [6.07, 6.45) is -3.18. The van der Waals surface area contributed by atoms with Crippen molar-refractivity contribution in [1.29, 1.82) is 0 Å². The summed E-state index contributed by atoms with van der Waals surface area (Å²) in [7, 11) is 0. The number of carboxylic acid groups (broad SMARTS) is 1. The van der Waals surface area contributed by atoms with Gasteiger partial charge >= 0.3 is 12.1 Å². The molecule has 0 aliphatic carbocycles. The Labute approximate surface area is 102 Å². The number of phenolic OH excluding ortho intramolecular Hbond substituents is 1. The molecule has 0 atom stereocenters. The van der Waals surface area contributed by atoms with E-state index >= 15 is 0 Å². The number of hydrogen-bond acceptors (Lipinski definition) is 2. The van der Waals surface area contributed by atoms with E-state index in [0.717, 1.165) is 6.08 Å². The van der Waals surface area contributed by atoms with Gasteiger partial charge in [0.25, 0.3) is 0 Å². The van der Waals surface area contributed by atoms with Gasteiger partial charge in [-0.05, 0) is 18.2 Å². The van der Waals surface area contributed by atoms with Gasteiger partial charge in [-0.3, -0.25) is 0 Å². The summed E-state index contributed by atoms with van der Waals surface area (Å²) in [5.41, 5.74) is -1.45. The van der Waals surface area contributed by atoms with E-state index in [4.69, 9.17) is 5.11 Å². The number of phenols is 1. The maximum absolute atomic E-state index is 12.5. The minimum atomic E-state index is -4.71. The van der Waals surface area contributed by atoms with Crippen LogP contribution in [0.3, 0.4) is 0 Å². The Hall–Kier alpha value is -1.50. The molecule has 92 valence electrons. The van der Waals surface area contributed by atoms with Gasteiger partial charge in [0.1, 0.15) is 5.75 Å². The highest BCUT2D eigenvalue weighted by Crippen LogP contribution is 2.39. The zero-order chi connectivity index (χ0) is 13.2. The third-order valence-corrected chi connectivity index (χ3v) is 2.27. The van der Waals surface area contributed by atoms with Crippen molar-refractivity contribution >= 4 is 28.0 Å². The average Bonchev–Trinajstić information content (AvgIpc) is 2.17. The molecule has 17 heavy (non-hydrogen) atoms. The summed E-state index contributed by atoms with van der Waals surface area (Å²) in [6.45, 7) is 0. The molecule has 1 rings (SSSR count). The number of rotatable bonds is 2. The Morgan fingerprint density at radius 2 is 1.94 bits per heavy atom. The number of carboxylic acids is 1. The first-order valence-electron chi connectivity index (χ1n) is 4.22. The molecule has 2 N–H and O–H groups in total. The van der Waals surface area contributed by atoms with Crippen LogP contribution in [-0.4, -0.2) is 16.2 Å². The maximum atomic E-state index is 12.5. The second kappa shape index (κ2) is 4.79. The molecular formula is C10H6BrF3O3. The minimum Gasteiger partial charge on any atom is -0.507 e. The van der Waals surface area contributed by atoms with E-state index in [-0.39, 0.29) is 10.0 Å². The van der Waals surface area contributed by atoms with Crippen LogP contribution in [0.2, 0.25) is 0 Å². The van der Waals surface area contributed by atoms with Crippen LogP contribution in [0.15, 0.2) is 22.7 Å². The van der Waals surface area contributed by atoms with Crippen LogP contribution in [0.4, 0.5) is 13.2 Å². The van der Waals surface area contributed by atoms with Gasteiger partial charge in [0.05, 0.1) is 5.56 Å². The standard InChI is InChI=1S/C10H6BrF3O3/c11-6-3-5(1-2-8(15)16)9(17)7(4-6)10(12,13)14/h1-4,17H,(H,15,16)/b2-1+. The summed E-state index contributed by atoms with van der Waals surface area (Å²) < 4.78 is 37.5. The van der Waals surface area contributed by atoms with Gasteiger partial charge in [-0.1, -0.05) is 15.9 Å². The Morgan fingerprint density at radius 3 is 2.41 bits per heavy atom. The number of aliphatic carboxylic acids is 1. The van der Waals surface area contributed by atoms with E-state index in [1.54, 1.807) is 0 Å². The van der Waals surface area contributed by atoms with Crippen LogP contribution in [0, 0.1) is 0 Å². The predicted octanol–water partition coefficient (Wildman–Crippen LogP) is 3.27. The molecule has 0 radical (unpaired) electrons. The third kappa shape index (κ3) is 3.48. The molecule has 0 amide bonds. The first-order valence-corrected chi connectivity index (χ1v) is 5.02. The number of benzene rings is 1. The van der Waals surface area contributed by atoms with Crippen LogP contribution < -0.4 is 0 Å². The average molecular weight is 311 g/mol. The topological polar surface area (TPSA) is 57.5 Å². The van der Waals surface area contributed by atoms with Crippen molar-refractivity contribution in [2.75, 3.05) is 0 Å². The van der Waals surface area contributed by atoms with E-state index in [1.807, 2.05) is 0 Å². The predicted molar refractivity (Wildman–Crippen MR) is 57.5 cm³/mol. The molecule has 0 spiro atoms. The monoisotopic (exact) mass is 310 g/mol. The zero-order valence-corrected chi connectivity index (χ0v) is 9.71. The van der Waals surface area contributed by atoms with Crippen molar-refractivity contribution in [3.05, 3.63) is 33.8 Å². The lowest BCUT2D eigenvalue weighted by molar-refractivity contribution is -0.138. The van der Waals surface area contributed by atoms with Crippen LogP contribution in [0.5, 0.6) is 5.75 Å². The molecule has 1 aromatic rings. The molecule has 0 heterocycles. The third-order valence-electron chi connectivity index (χ3n) is 1.82. The highest BCUT2D eigenvalue weighted by molar-refractivity contribution is 9.10. The fourth-order valence-corrected chi connectivity index (χ4v) is 1.60. The van der Waals surface area contributed by atoms with Gasteiger partial charge in [-0.25, -0.2) is 4.79 Å². The lowest BCUT2D eigenvalue weighted by Gasteiger charge is -2.11. The second-order valence-corrected chi connectivity index (χ2v) is 3.98. The molecule has 0 saturated carbocycles. The Balaban J connectivity index is 3.34. The molecule has 0 fully saturated rings. The van der Waals surface area contributed by atoms with E-state index in [0.29, 0.717) is 12.1 Å². The molecule has 0 aliphatic rings. The lowest BCUT2D eigenvalue weighted by atomic mass is 10.1. The van der Waals surface area contributed by atoms with Gasteiger partial charge < -0.3 is 10.2 Å². The highest BCUT2D eigenvalue weighted by atomic mass is 79.9. The van der Waals surface area contributed by atoms with E-state index in [2.05, 4.69) is 15.9 Å². The van der Waals surface area contributed by atoms with Crippen molar-refractivity contribution in [2.45, 2.75) is 6.18 Å². The SMILES string of the molecule is O=C(O)/C=C/c1cc(Br)cc(C(F)(F)F)c1O. The van der Waals surface area contributed by atoms with Gasteiger partial charge in [0, 0.05) is 16.1 Å². The molecule has 7 heteroatoms. The molecule has 1 aromatic carbocycles. The van der Waals surface area contributed by atoms with Crippen molar-refractivity contribution in [3.63, 3.8) is 0 Å². The van der Waals surface area contributed by atoms with Crippen LogP contribution in [0.25, 0.3) is 6.08 Å². The molecular weight excluding hydrogens is 305 g/mol. The molecule has 0 unspecified atom stereocenters. The number of carbonyl (C=O) groups is 1. The minimum absolute atomic E-state index is 0.0904. The fourth-order valence-electron chi connectivity index (χ4n) is 1.12. The van der Waals surface area contributed by atoms with E-state index < -0.39 is 23.5 Å². The fraction of sp³-hybridized carbons (Fsp3) is 0.100. The Morgan fingerprint density at radius 1 is 1.35 bits per heavy atom. The zero-order valence-electron chi connectivity index (χ0n) is 8.12. The normalized spacial score (nSPS) is 12.0. The smallest absolute Gasteiger partial charge is 0.420 e. The van der Waals surface area contributed by atoms with E-state index in [9.17, 15) is 23.1 Å². The van der Waals surface area contributed by atoms with Crippen molar-refractivity contribution in [2.24, 2.45) is 0 Å². The number of alkyl halides is 3. The van der Waals surface area contributed by atoms with Crippen LogP contribution in [-0.2, 0) is 11.0 Å². The highest BCUT2D eigenvalue weighted by Gasteiger charge is 2.34. The summed E-state index contributed by atoms with van der Waals surface area (Å²) in [5.74, 6) is -2.32. The van der Waals surface area contributed by atoms with E-state index in [1.165, 1.54) is 6.07 Å². The lowest BCUT2D eigenvalue weighted by Crippen LogP contribution is -2.06. The quantitative estimate of drug-likeness (QED) is 0.824. The van der Waals surface area contributed by atoms with Gasteiger partial charge in [0.2, 0.25) is 0 Å². The first-order chi connectivity index (χ1) is 7.71. The van der Waals surface area contributed by atoms with Gasteiger partial charge in [-0.2, -0.15) is 13.2 Å². The Bertz CT molecular complexity index is 480. The summed E-state index contributed by atoms with van der Waals surface area (Å²) in [6, 6.07) is 1.90. The second-order valence-electron chi connectivity index (χ2n) is 3.06. The maximum Gasteiger partial charge on any atom is 0.420 e. The molecule has 0 saturated heterocycles. The Kier molecular flexibility index (Phi) is 3.82. The first kappa shape index (κ1) is 13.6. The van der Waals surface area contributed by atoms with Gasteiger partial charge in [-0.15, -0.1) is 0 Å².